The summed E-state index contributed by atoms with van der Waals surface area (Å²) in [5, 5.41) is 17.4. The first-order valence-corrected chi connectivity index (χ1v) is 18.0. The highest BCUT2D eigenvalue weighted by molar-refractivity contribution is 7.58. The standard InChI is InChI=1S/C35H45N6O8P/c1-24(23-50(47,48)30(21-26-14-7-3-8-15-26)41-35(46)49-22-27-16-9-4-10-17-27)31(42)39-28(18-11-19-38-34(36)37)32(43)40-29(33(44)45)20-25-12-5-2-6-13-25/h2-10,12-17,24,28-30H,11,18-23H2,1H3,(H,39,42)(H,40,43)(H,41,46)(H,44,45)(H,47,48)(H4,36,37,38)/t24?,28-,29-,30?/m0/s1. The van der Waals surface area contributed by atoms with Crippen LogP contribution in [0, 0.1) is 5.92 Å². The number of nitrogens with two attached hydrogens (primary N) is 2. The molecule has 50 heavy (non-hydrogen) atoms. The van der Waals surface area contributed by atoms with Crippen LogP contribution in [-0.2, 0) is 43.1 Å². The van der Waals surface area contributed by atoms with Crippen LogP contribution < -0.4 is 27.4 Å². The van der Waals surface area contributed by atoms with Crippen LogP contribution in [0.15, 0.2) is 96.0 Å². The van der Waals surface area contributed by atoms with E-state index in [2.05, 4.69) is 20.9 Å². The first-order chi connectivity index (χ1) is 23.8. The van der Waals surface area contributed by atoms with Gasteiger partial charge in [-0.2, -0.15) is 0 Å². The maximum absolute atomic E-state index is 13.9. The number of guanidine groups is 1. The summed E-state index contributed by atoms with van der Waals surface area (Å²) in [7, 11) is -4.30. The molecule has 9 N–H and O–H groups in total. The molecule has 3 amide bonds. The summed E-state index contributed by atoms with van der Waals surface area (Å²) in [6, 6.07) is 24.0. The molecule has 14 nitrogen and oxygen atoms in total. The van der Waals surface area contributed by atoms with Crippen LogP contribution in [0.25, 0.3) is 0 Å². The lowest BCUT2D eigenvalue weighted by atomic mass is 10.0. The molecule has 0 aliphatic heterocycles. The van der Waals surface area contributed by atoms with E-state index in [0.29, 0.717) is 11.1 Å². The number of carboxylic acid groups (broad SMARTS) is 1. The van der Waals surface area contributed by atoms with Gasteiger partial charge in [-0.1, -0.05) is 97.9 Å². The van der Waals surface area contributed by atoms with Gasteiger partial charge in [0, 0.05) is 31.5 Å². The van der Waals surface area contributed by atoms with Crippen molar-refractivity contribution in [2.75, 3.05) is 12.7 Å². The summed E-state index contributed by atoms with van der Waals surface area (Å²) in [6.07, 6.45) is -1.15. The van der Waals surface area contributed by atoms with Gasteiger partial charge in [-0.25, -0.2) is 9.59 Å². The number of rotatable bonds is 19. The molecule has 0 aromatic heterocycles. The quantitative estimate of drug-likeness (QED) is 0.0416. The van der Waals surface area contributed by atoms with Crippen LogP contribution in [0.5, 0.6) is 0 Å². The number of ether oxygens (including phenoxy) is 1. The Bertz CT molecular complexity index is 1620. The number of aliphatic carboxylic acids is 1. The molecule has 0 aliphatic rings. The van der Waals surface area contributed by atoms with E-state index < -0.39 is 61.2 Å². The number of hydrogen-bond acceptors (Lipinski definition) is 7. The Kier molecular flexibility index (Phi) is 15.5. The number of amides is 3. The molecule has 3 aromatic carbocycles. The molecular weight excluding hydrogens is 663 g/mol. The van der Waals surface area contributed by atoms with Crippen molar-refractivity contribution in [2.24, 2.45) is 22.4 Å². The smallest absolute Gasteiger partial charge is 0.408 e. The Hall–Kier alpha value is -5.20. The third-order valence-corrected chi connectivity index (χ3v) is 10.1. The van der Waals surface area contributed by atoms with Crippen molar-refractivity contribution in [3.63, 3.8) is 0 Å². The van der Waals surface area contributed by atoms with E-state index in [1.54, 1.807) is 84.9 Å². The minimum atomic E-state index is -4.30. The van der Waals surface area contributed by atoms with Crippen molar-refractivity contribution >= 4 is 37.2 Å². The predicted molar refractivity (Wildman–Crippen MR) is 189 cm³/mol. The van der Waals surface area contributed by atoms with Crippen LogP contribution in [0.2, 0.25) is 0 Å². The number of carbonyl (C=O) groups is 4. The lowest BCUT2D eigenvalue weighted by molar-refractivity contribution is -0.142. The van der Waals surface area contributed by atoms with Gasteiger partial charge in [0.15, 0.2) is 5.96 Å². The van der Waals surface area contributed by atoms with Crippen molar-refractivity contribution in [1.82, 2.24) is 16.0 Å². The van der Waals surface area contributed by atoms with Crippen LogP contribution in [-0.4, -0.2) is 70.4 Å². The third kappa shape index (κ3) is 13.7. The molecule has 5 atom stereocenters. The Morgan fingerprint density at radius 3 is 1.84 bits per heavy atom. The minimum absolute atomic E-state index is 0.00423. The van der Waals surface area contributed by atoms with Gasteiger partial charge in [0.2, 0.25) is 19.2 Å². The largest absolute Gasteiger partial charge is 0.480 e. The molecule has 0 spiro atoms. The van der Waals surface area contributed by atoms with Gasteiger partial charge in [0.05, 0.1) is 0 Å². The van der Waals surface area contributed by atoms with Crippen molar-refractivity contribution in [1.29, 1.82) is 0 Å². The molecule has 3 unspecified atom stereocenters. The summed E-state index contributed by atoms with van der Waals surface area (Å²) in [6.45, 7) is 1.51. The fourth-order valence-electron chi connectivity index (χ4n) is 5.04. The van der Waals surface area contributed by atoms with Gasteiger partial charge < -0.3 is 42.2 Å². The number of hydrogen-bond donors (Lipinski definition) is 7. The highest BCUT2D eigenvalue weighted by Gasteiger charge is 2.37. The molecule has 3 rings (SSSR count). The lowest BCUT2D eigenvalue weighted by Gasteiger charge is -2.27. The first-order valence-electron chi connectivity index (χ1n) is 16.1. The molecule has 3 aromatic rings. The van der Waals surface area contributed by atoms with Crippen molar-refractivity contribution in [3.05, 3.63) is 108 Å². The maximum atomic E-state index is 13.9. The monoisotopic (exact) mass is 708 g/mol. The average Bonchev–Trinajstić information content (AvgIpc) is 3.09. The van der Waals surface area contributed by atoms with Gasteiger partial charge in [-0.05, 0) is 29.5 Å². The fourth-order valence-corrected chi connectivity index (χ4v) is 7.05. The molecule has 0 aliphatic carbocycles. The average molecular weight is 709 g/mol. The van der Waals surface area contributed by atoms with Gasteiger partial charge in [-0.15, -0.1) is 0 Å². The van der Waals surface area contributed by atoms with Crippen LogP contribution in [0.4, 0.5) is 4.79 Å². The normalized spacial score (nSPS) is 14.4. The van der Waals surface area contributed by atoms with E-state index in [9.17, 15) is 33.7 Å². The zero-order chi connectivity index (χ0) is 36.5. The second-order valence-electron chi connectivity index (χ2n) is 11.8. The Morgan fingerprint density at radius 1 is 0.780 bits per heavy atom. The summed E-state index contributed by atoms with van der Waals surface area (Å²) in [5.41, 5.74) is 12.9. The maximum Gasteiger partial charge on any atom is 0.408 e. The van der Waals surface area contributed by atoms with Gasteiger partial charge >= 0.3 is 12.1 Å². The molecule has 0 radical (unpaired) electrons. The van der Waals surface area contributed by atoms with Gasteiger partial charge in [0.1, 0.15) is 24.5 Å². The number of aliphatic imine (C=N–C) groups is 1. The Labute approximate surface area is 291 Å². The SMILES string of the molecule is CC(CP(=O)(O)C(Cc1ccccc1)NC(=O)OCc1ccccc1)C(=O)N[C@@H](CCCN=C(N)N)C(=O)N[C@@H](Cc1ccccc1)C(=O)O. The molecule has 0 saturated carbocycles. The van der Waals surface area contributed by atoms with Crippen LogP contribution in [0.1, 0.15) is 36.5 Å². The number of carbonyl (C=O) groups excluding carboxylic acids is 3. The molecule has 0 fully saturated rings. The van der Waals surface area contributed by atoms with E-state index in [-0.39, 0.29) is 44.8 Å². The number of nitrogens with zero attached hydrogens (tertiary/aromatic N) is 1. The summed E-state index contributed by atoms with van der Waals surface area (Å²) in [4.78, 5) is 66.8. The Balaban J connectivity index is 1.73. The zero-order valence-corrected chi connectivity index (χ0v) is 28.7. The van der Waals surface area contributed by atoms with E-state index in [1.165, 1.54) is 6.92 Å². The summed E-state index contributed by atoms with van der Waals surface area (Å²) in [5.74, 6) is -5.28. The van der Waals surface area contributed by atoms with E-state index in [4.69, 9.17) is 16.2 Å². The zero-order valence-electron chi connectivity index (χ0n) is 27.8. The second-order valence-corrected chi connectivity index (χ2v) is 14.3. The predicted octanol–water partition coefficient (Wildman–Crippen LogP) is 2.74. The highest BCUT2D eigenvalue weighted by Crippen LogP contribution is 2.48. The number of alkyl carbamates (subject to hydrolysis) is 1. The van der Waals surface area contributed by atoms with Crippen LogP contribution >= 0.6 is 7.37 Å². The lowest BCUT2D eigenvalue weighted by Crippen LogP contribution is -2.53. The third-order valence-electron chi connectivity index (χ3n) is 7.71. The van der Waals surface area contributed by atoms with Crippen LogP contribution in [0.3, 0.4) is 0 Å². The van der Waals surface area contributed by atoms with Gasteiger partial charge in [-0.3, -0.25) is 19.1 Å². The summed E-state index contributed by atoms with van der Waals surface area (Å²) >= 11 is 0. The minimum Gasteiger partial charge on any atom is -0.480 e. The topological polar surface area (TPSA) is 236 Å². The highest BCUT2D eigenvalue weighted by atomic mass is 31.2. The fraction of sp³-hybridized carbons (Fsp3) is 0.343. The summed E-state index contributed by atoms with van der Waals surface area (Å²) < 4.78 is 19.2. The Morgan fingerprint density at radius 2 is 1.30 bits per heavy atom. The molecule has 0 bridgehead atoms. The molecule has 0 saturated heterocycles. The van der Waals surface area contributed by atoms with Crippen molar-refractivity contribution < 1.29 is 38.5 Å². The number of nitrogens with one attached hydrogen (secondary N) is 3. The molecule has 268 valence electrons. The van der Waals surface area contributed by atoms with E-state index >= 15 is 0 Å². The molecule has 15 heteroatoms. The number of carboxylic acids is 1. The molecule has 0 heterocycles. The number of benzene rings is 3. The first kappa shape index (κ1) is 39.2. The molecular formula is C35H45N6O8P. The van der Waals surface area contributed by atoms with Gasteiger partial charge in [0.25, 0.3) is 0 Å². The van der Waals surface area contributed by atoms with Crippen molar-refractivity contribution in [3.8, 4) is 0 Å². The van der Waals surface area contributed by atoms with Crippen molar-refractivity contribution in [2.45, 2.75) is 57.1 Å². The van der Waals surface area contributed by atoms with E-state index in [0.717, 1.165) is 5.56 Å². The van der Waals surface area contributed by atoms with E-state index in [1.807, 2.05) is 6.07 Å². The second kappa shape index (κ2) is 19.7.